The van der Waals surface area contributed by atoms with Crippen LogP contribution in [0.5, 0.6) is 0 Å². The molecule has 4 aromatic rings. The zero-order chi connectivity index (χ0) is 20.7. The van der Waals surface area contributed by atoms with Gasteiger partial charge in [0.15, 0.2) is 5.82 Å². The van der Waals surface area contributed by atoms with Gasteiger partial charge in [0.25, 0.3) is 0 Å². The van der Waals surface area contributed by atoms with Gasteiger partial charge in [0.1, 0.15) is 5.65 Å². The van der Waals surface area contributed by atoms with E-state index in [0.29, 0.717) is 17.7 Å². The zero-order valence-corrected chi connectivity index (χ0v) is 17.1. The van der Waals surface area contributed by atoms with Crippen molar-refractivity contribution in [2.45, 2.75) is 25.3 Å². The van der Waals surface area contributed by atoms with Gasteiger partial charge in [-0.15, -0.1) is 0 Å². The van der Waals surface area contributed by atoms with Gasteiger partial charge in [0.05, 0.1) is 11.9 Å². The highest BCUT2D eigenvalue weighted by Crippen LogP contribution is 2.39. The molecule has 0 unspecified atom stereocenters. The van der Waals surface area contributed by atoms with Crippen LogP contribution in [0.2, 0.25) is 0 Å². The van der Waals surface area contributed by atoms with Crippen LogP contribution in [-0.2, 0) is 16.6 Å². The van der Waals surface area contributed by atoms with Gasteiger partial charge in [-0.25, -0.2) is 23.1 Å². The van der Waals surface area contributed by atoms with Gasteiger partial charge in [0.2, 0.25) is 16.0 Å². The van der Waals surface area contributed by atoms with E-state index in [4.69, 9.17) is 4.98 Å². The fraction of sp³-hybridized carbons (Fsp3) is 0.250. The van der Waals surface area contributed by atoms with Crippen molar-refractivity contribution in [3.05, 3.63) is 60.0 Å². The highest BCUT2D eigenvalue weighted by Gasteiger charge is 2.25. The first kappa shape index (κ1) is 18.8. The third-order valence-corrected chi connectivity index (χ3v) is 5.67. The number of anilines is 2. The van der Waals surface area contributed by atoms with Crippen LogP contribution in [0.3, 0.4) is 0 Å². The third-order valence-electron chi connectivity index (χ3n) is 5.01. The Morgan fingerprint density at radius 2 is 2.10 bits per heavy atom. The lowest BCUT2D eigenvalue weighted by molar-refractivity contribution is 0.587. The monoisotopic (exact) mass is 423 g/mol. The molecule has 0 amide bonds. The molecule has 3 N–H and O–H groups in total. The summed E-state index contributed by atoms with van der Waals surface area (Å²) < 4.78 is 27.2. The summed E-state index contributed by atoms with van der Waals surface area (Å²) >= 11 is 0. The van der Waals surface area contributed by atoms with Crippen molar-refractivity contribution in [2.24, 2.45) is 0 Å². The van der Waals surface area contributed by atoms with Gasteiger partial charge in [-0.3, -0.25) is 9.50 Å². The van der Waals surface area contributed by atoms with Crippen molar-refractivity contribution >= 4 is 27.4 Å². The van der Waals surface area contributed by atoms with E-state index >= 15 is 0 Å². The van der Waals surface area contributed by atoms with E-state index < -0.39 is 10.0 Å². The van der Waals surface area contributed by atoms with E-state index in [0.717, 1.165) is 34.4 Å². The summed E-state index contributed by atoms with van der Waals surface area (Å²) in [5.41, 5.74) is 4.34. The second kappa shape index (κ2) is 7.22. The Morgan fingerprint density at radius 1 is 1.23 bits per heavy atom. The summed E-state index contributed by atoms with van der Waals surface area (Å²) in [6.07, 6.45) is 7.11. The van der Waals surface area contributed by atoms with Crippen LogP contribution >= 0.6 is 0 Å². The van der Waals surface area contributed by atoms with E-state index in [9.17, 15) is 8.42 Å². The summed E-state index contributed by atoms with van der Waals surface area (Å²) in [5.74, 6) is 1.90. The molecule has 0 aliphatic heterocycles. The smallest absolute Gasteiger partial charge is 0.214 e. The quantitative estimate of drug-likeness (QED) is 0.421. The molecule has 0 radical (unpaired) electrons. The Morgan fingerprint density at radius 3 is 2.90 bits per heavy atom. The second-order valence-electron chi connectivity index (χ2n) is 7.52. The number of nitrogens with zero attached hydrogens (tertiary/aromatic N) is 4. The highest BCUT2D eigenvalue weighted by molar-refractivity contribution is 7.88. The number of nitrogens with one attached hydrogen (secondary N) is 3. The van der Waals surface area contributed by atoms with E-state index in [1.165, 1.54) is 12.8 Å². The van der Waals surface area contributed by atoms with Gasteiger partial charge in [-0.1, -0.05) is 18.2 Å². The fourth-order valence-electron chi connectivity index (χ4n) is 3.33. The van der Waals surface area contributed by atoms with Crippen molar-refractivity contribution in [1.29, 1.82) is 0 Å². The average Bonchev–Trinajstić information content (AvgIpc) is 3.27. The van der Waals surface area contributed by atoms with Crippen LogP contribution in [0.4, 0.5) is 11.8 Å². The molecular formula is C20H21N7O2S. The third kappa shape index (κ3) is 4.05. The molecule has 154 valence electrons. The molecule has 30 heavy (non-hydrogen) atoms. The number of sulfonamides is 1. The fourth-order valence-corrected chi connectivity index (χ4v) is 3.76. The van der Waals surface area contributed by atoms with Crippen LogP contribution in [0.25, 0.3) is 16.9 Å². The summed E-state index contributed by atoms with van der Waals surface area (Å²) in [6, 6.07) is 11.5. The first-order valence-corrected chi connectivity index (χ1v) is 11.5. The lowest BCUT2D eigenvalue weighted by atomic mass is 10.1. The minimum Gasteiger partial charge on any atom is -0.308 e. The van der Waals surface area contributed by atoms with Crippen LogP contribution in [0.15, 0.2) is 48.8 Å². The molecular weight excluding hydrogens is 402 g/mol. The molecule has 9 nitrogen and oxygen atoms in total. The topological polar surface area (TPSA) is 117 Å². The molecule has 1 aromatic carbocycles. The molecule has 1 saturated carbocycles. The highest BCUT2D eigenvalue weighted by atomic mass is 32.2. The summed E-state index contributed by atoms with van der Waals surface area (Å²) in [5, 5.41) is 10.7. The Labute approximate surface area is 173 Å². The Hall–Kier alpha value is -3.24. The molecule has 1 aliphatic rings. The molecule has 10 heteroatoms. The standard InChI is InChI=1S/C20H21N7O2S/c1-30(28,29)22-12-13-3-2-4-15(9-13)16-11-19-21-7-8-27(19)20(23-16)24-18-10-17(25-26-18)14-5-6-14/h2-4,7-11,14,22H,5-6,12H2,1H3,(H2,23,24,25,26). The van der Waals surface area contributed by atoms with E-state index in [-0.39, 0.29) is 6.54 Å². The van der Waals surface area contributed by atoms with E-state index in [2.05, 4.69) is 25.2 Å². The lowest BCUT2D eigenvalue weighted by Crippen LogP contribution is -2.21. The normalized spacial score (nSPS) is 14.3. The average molecular weight is 424 g/mol. The zero-order valence-electron chi connectivity index (χ0n) is 16.3. The molecule has 0 spiro atoms. The van der Waals surface area contributed by atoms with Crippen molar-refractivity contribution in [2.75, 3.05) is 11.6 Å². The molecule has 3 aromatic heterocycles. The van der Waals surface area contributed by atoms with Gasteiger partial charge < -0.3 is 5.32 Å². The first-order chi connectivity index (χ1) is 14.4. The van der Waals surface area contributed by atoms with Crippen molar-refractivity contribution in [3.8, 4) is 11.3 Å². The number of benzene rings is 1. The maximum absolute atomic E-state index is 11.4. The largest absolute Gasteiger partial charge is 0.308 e. The number of hydrogen-bond donors (Lipinski definition) is 3. The number of rotatable bonds is 7. The van der Waals surface area contributed by atoms with Crippen molar-refractivity contribution < 1.29 is 8.42 Å². The Balaban J connectivity index is 1.47. The van der Waals surface area contributed by atoms with Crippen LogP contribution in [0, 0.1) is 0 Å². The summed E-state index contributed by atoms with van der Waals surface area (Å²) in [7, 11) is -3.26. The van der Waals surface area contributed by atoms with Gasteiger partial charge >= 0.3 is 0 Å². The number of imidazole rings is 1. The number of H-pyrrole nitrogens is 1. The molecule has 1 aliphatic carbocycles. The van der Waals surface area contributed by atoms with Gasteiger partial charge in [-0.05, 0) is 24.5 Å². The van der Waals surface area contributed by atoms with Crippen LogP contribution < -0.4 is 10.0 Å². The Kier molecular flexibility index (Phi) is 4.52. The molecule has 3 heterocycles. The van der Waals surface area contributed by atoms with Gasteiger partial charge in [-0.2, -0.15) is 5.10 Å². The first-order valence-electron chi connectivity index (χ1n) is 9.65. The molecule has 0 saturated heterocycles. The van der Waals surface area contributed by atoms with Crippen LogP contribution in [-0.4, -0.2) is 39.2 Å². The SMILES string of the molecule is CS(=O)(=O)NCc1cccc(-c2cc3nccn3c(Nc3cc(C4CC4)[nH]n3)n2)c1. The summed E-state index contributed by atoms with van der Waals surface area (Å²) in [6.45, 7) is 0.223. The maximum atomic E-state index is 11.4. The number of aromatic nitrogens is 5. The van der Waals surface area contributed by atoms with Crippen molar-refractivity contribution in [3.63, 3.8) is 0 Å². The predicted octanol–water partition coefficient (Wildman–Crippen LogP) is 2.79. The molecule has 1 fully saturated rings. The lowest BCUT2D eigenvalue weighted by Gasteiger charge is -2.10. The van der Waals surface area contributed by atoms with E-state index in [1.54, 1.807) is 6.20 Å². The number of aromatic amines is 1. The summed E-state index contributed by atoms with van der Waals surface area (Å²) in [4.78, 5) is 9.18. The number of fused-ring (bicyclic) bond motifs is 1. The second-order valence-corrected chi connectivity index (χ2v) is 9.35. The van der Waals surface area contributed by atoms with Crippen molar-refractivity contribution in [1.82, 2.24) is 29.3 Å². The van der Waals surface area contributed by atoms with Crippen LogP contribution in [0.1, 0.15) is 30.0 Å². The Bertz CT molecular complexity index is 1320. The molecule has 0 atom stereocenters. The number of hydrogen-bond acceptors (Lipinski definition) is 6. The molecule has 0 bridgehead atoms. The minimum atomic E-state index is -3.26. The van der Waals surface area contributed by atoms with E-state index in [1.807, 2.05) is 47.0 Å². The minimum absolute atomic E-state index is 0.223. The predicted molar refractivity (Wildman–Crippen MR) is 114 cm³/mol. The molecule has 5 rings (SSSR count). The maximum Gasteiger partial charge on any atom is 0.214 e. The van der Waals surface area contributed by atoms with Gasteiger partial charge in [0, 0.05) is 48.2 Å².